The summed E-state index contributed by atoms with van der Waals surface area (Å²) in [5.74, 6) is 2.09. The predicted molar refractivity (Wildman–Crippen MR) is 127 cm³/mol. The summed E-state index contributed by atoms with van der Waals surface area (Å²) < 4.78 is 16.9. The summed E-state index contributed by atoms with van der Waals surface area (Å²) in [5.41, 5.74) is 2.88. The van der Waals surface area contributed by atoms with E-state index in [2.05, 4.69) is 17.2 Å². The number of amides is 1. The quantitative estimate of drug-likeness (QED) is 0.429. The predicted octanol–water partition coefficient (Wildman–Crippen LogP) is 5.25. The smallest absolute Gasteiger partial charge is 0.226 e. The lowest BCUT2D eigenvalue weighted by Crippen LogP contribution is -2.28. The maximum atomic E-state index is 12.5. The molecule has 32 heavy (non-hydrogen) atoms. The van der Waals surface area contributed by atoms with E-state index in [1.807, 2.05) is 61.7 Å². The Morgan fingerprint density at radius 1 is 1.12 bits per heavy atom. The van der Waals surface area contributed by atoms with Gasteiger partial charge in [0.2, 0.25) is 5.91 Å². The van der Waals surface area contributed by atoms with Gasteiger partial charge >= 0.3 is 0 Å². The monoisotopic (exact) mass is 454 g/mol. The van der Waals surface area contributed by atoms with Crippen LogP contribution in [0.5, 0.6) is 17.2 Å². The number of ether oxygens (including phenoxy) is 3. The van der Waals surface area contributed by atoms with Crippen LogP contribution in [0.25, 0.3) is 0 Å². The molecule has 170 valence electrons. The van der Waals surface area contributed by atoms with Crippen LogP contribution in [0.3, 0.4) is 0 Å². The van der Waals surface area contributed by atoms with Gasteiger partial charge in [0.05, 0.1) is 31.9 Å². The van der Waals surface area contributed by atoms with Gasteiger partial charge in [0.15, 0.2) is 11.5 Å². The minimum Gasteiger partial charge on any atom is -0.493 e. The second-order valence-electron chi connectivity index (χ2n) is 7.56. The van der Waals surface area contributed by atoms with Crippen molar-refractivity contribution < 1.29 is 19.0 Å². The number of nitrogens with one attached hydrogen (secondary N) is 1. The first-order chi connectivity index (χ1) is 15.5. The number of thiazole rings is 1. The van der Waals surface area contributed by atoms with Gasteiger partial charge in [-0.05, 0) is 50.1 Å². The van der Waals surface area contributed by atoms with E-state index in [-0.39, 0.29) is 18.4 Å². The van der Waals surface area contributed by atoms with Crippen LogP contribution in [0, 0.1) is 6.92 Å². The molecule has 6 nitrogen and oxygen atoms in total. The van der Waals surface area contributed by atoms with Crippen molar-refractivity contribution in [2.75, 3.05) is 13.7 Å². The van der Waals surface area contributed by atoms with E-state index in [9.17, 15) is 4.79 Å². The lowest BCUT2D eigenvalue weighted by atomic mass is 10.1. The summed E-state index contributed by atoms with van der Waals surface area (Å²) in [5, 5.41) is 5.77. The molecule has 0 radical (unpaired) electrons. The Bertz CT molecular complexity index is 1020. The van der Waals surface area contributed by atoms with Crippen molar-refractivity contribution >= 4 is 17.2 Å². The molecule has 7 heteroatoms. The first kappa shape index (κ1) is 23.6. The first-order valence-electron chi connectivity index (χ1n) is 10.7. The van der Waals surface area contributed by atoms with Crippen molar-refractivity contribution in [3.05, 3.63) is 69.7 Å². The van der Waals surface area contributed by atoms with Gasteiger partial charge in [-0.1, -0.05) is 30.7 Å². The Hall–Kier alpha value is -3.06. The summed E-state index contributed by atoms with van der Waals surface area (Å²) in [6.07, 6.45) is 1.15. The molecule has 1 heterocycles. The molecule has 1 N–H and O–H groups in total. The first-order valence-corrected chi connectivity index (χ1v) is 11.6. The number of carbonyl (C=O) groups is 1. The number of hydrogen-bond donors (Lipinski definition) is 1. The number of hydrogen-bond acceptors (Lipinski definition) is 6. The molecule has 0 aliphatic rings. The number of methoxy groups -OCH3 is 1. The number of rotatable bonds is 11. The standard InChI is InChI=1S/C25H30N2O4S/c1-5-12-30-22-11-8-19(13-23(22)29-4)18(3)26-24(28)14-20-16-32-25(27-20)15-31-21-9-6-17(2)7-10-21/h6-11,13,16,18H,5,12,14-15H2,1-4H3,(H,26,28). The summed E-state index contributed by atoms with van der Waals surface area (Å²) in [6.45, 7) is 7.06. The van der Waals surface area contributed by atoms with Gasteiger partial charge in [0, 0.05) is 5.38 Å². The van der Waals surface area contributed by atoms with Crippen molar-refractivity contribution in [1.82, 2.24) is 10.3 Å². The average molecular weight is 455 g/mol. The van der Waals surface area contributed by atoms with Crippen LogP contribution in [0.2, 0.25) is 0 Å². The minimum atomic E-state index is -0.167. The van der Waals surface area contributed by atoms with Crippen LogP contribution in [0.15, 0.2) is 47.8 Å². The molecule has 0 saturated heterocycles. The van der Waals surface area contributed by atoms with Crippen LogP contribution < -0.4 is 19.5 Å². The van der Waals surface area contributed by atoms with E-state index < -0.39 is 0 Å². The van der Waals surface area contributed by atoms with Crippen LogP contribution in [-0.2, 0) is 17.8 Å². The fraction of sp³-hybridized carbons (Fsp3) is 0.360. The summed E-state index contributed by atoms with van der Waals surface area (Å²) in [6, 6.07) is 13.5. The largest absolute Gasteiger partial charge is 0.493 e. The van der Waals surface area contributed by atoms with Crippen molar-refractivity contribution in [2.24, 2.45) is 0 Å². The SMILES string of the molecule is CCCOc1ccc(C(C)NC(=O)Cc2csc(COc3ccc(C)cc3)n2)cc1OC. The van der Waals surface area contributed by atoms with E-state index in [0.717, 1.165) is 28.4 Å². The molecular weight excluding hydrogens is 424 g/mol. The molecule has 2 aromatic carbocycles. The third-order valence-electron chi connectivity index (χ3n) is 4.85. The zero-order valence-electron chi connectivity index (χ0n) is 19.0. The third-order valence-corrected chi connectivity index (χ3v) is 5.72. The minimum absolute atomic E-state index is 0.0842. The van der Waals surface area contributed by atoms with Gasteiger partial charge in [-0.15, -0.1) is 11.3 Å². The molecule has 1 amide bonds. The molecule has 0 aliphatic heterocycles. The van der Waals surface area contributed by atoms with Crippen molar-refractivity contribution in [2.45, 2.75) is 46.3 Å². The van der Waals surface area contributed by atoms with E-state index in [1.54, 1.807) is 7.11 Å². The third kappa shape index (κ3) is 6.72. The molecule has 3 rings (SSSR count). The normalized spacial score (nSPS) is 11.6. The van der Waals surface area contributed by atoms with E-state index in [1.165, 1.54) is 16.9 Å². The Labute approximate surface area is 193 Å². The van der Waals surface area contributed by atoms with Gasteiger partial charge in [0.1, 0.15) is 17.4 Å². The van der Waals surface area contributed by atoms with Crippen molar-refractivity contribution in [3.63, 3.8) is 0 Å². The van der Waals surface area contributed by atoms with Gasteiger partial charge in [-0.2, -0.15) is 0 Å². The number of carbonyl (C=O) groups excluding carboxylic acids is 1. The lowest BCUT2D eigenvalue weighted by molar-refractivity contribution is -0.121. The zero-order chi connectivity index (χ0) is 22.9. The Kier molecular flexibility index (Phi) is 8.50. The molecule has 0 bridgehead atoms. The Morgan fingerprint density at radius 2 is 1.91 bits per heavy atom. The second kappa shape index (κ2) is 11.5. The Balaban J connectivity index is 1.52. The highest BCUT2D eigenvalue weighted by Crippen LogP contribution is 2.30. The highest BCUT2D eigenvalue weighted by atomic mass is 32.1. The fourth-order valence-electron chi connectivity index (χ4n) is 3.10. The van der Waals surface area contributed by atoms with E-state index in [0.29, 0.717) is 24.7 Å². The van der Waals surface area contributed by atoms with Gasteiger partial charge in [-0.3, -0.25) is 4.79 Å². The van der Waals surface area contributed by atoms with Crippen LogP contribution in [0.4, 0.5) is 0 Å². The molecule has 1 aromatic heterocycles. The van der Waals surface area contributed by atoms with Crippen LogP contribution in [-0.4, -0.2) is 24.6 Å². The average Bonchev–Trinajstić information content (AvgIpc) is 3.24. The number of benzene rings is 2. The molecule has 0 aliphatic carbocycles. The van der Waals surface area contributed by atoms with Gasteiger partial charge in [0.25, 0.3) is 0 Å². The molecule has 0 fully saturated rings. The molecule has 0 saturated carbocycles. The summed E-state index contributed by atoms with van der Waals surface area (Å²) >= 11 is 1.50. The topological polar surface area (TPSA) is 69.7 Å². The highest BCUT2D eigenvalue weighted by molar-refractivity contribution is 7.09. The maximum Gasteiger partial charge on any atom is 0.226 e. The zero-order valence-corrected chi connectivity index (χ0v) is 19.8. The molecule has 0 spiro atoms. The fourth-order valence-corrected chi connectivity index (χ4v) is 3.81. The maximum absolute atomic E-state index is 12.5. The number of aromatic nitrogens is 1. The van der Waals surface area contributed by atoms with Crippen LogP contribution >= 0.6 is 11.3 Å². The van der Waals surface area contributed by atoms with Crippen molar-refractivity contribution in [3.8, 4) is 17.2 Å². The highest BCUT2D eigenvalue weighted by Gasteiger charge is 2.15. The van der Waals surface area contributed by atoms with E-state index in [4.69, 9.17) is 14.2 Å². The molecule has 1 atom stereocenters. The number of nitrogens with zero attached hydrogens (tertiary/aromatic N) is 1. The van der Waals surface area contributed by atoms with Gasteiger partial charge in [-0.25, -0.2) is 4.98 Å². The molecule has 1 unspecified atom stereocenters. The summed E-state index contributed by atoms with van der Waals surface area (Å²) in [7, 11) is 1.61. The Morgan fingerprint density at radius 3 is 2.62 bits per heavy atom. The lowest BCUT2D eigenvalue weighted by Gasteiger charge is -2.17. The second-order valence-corrected chi connectivity index (χ2v) is 8.50. The van der Waals surface area contributed by atoms with E-state index >= 15 is 0 Å². The molecule has 3 aromatic rings. The van der Waals surface area contributed by atoms with Gasteiger partial charge < -0.3 is 19.5 Å². The summed E-state index contributed by atoms with van der Waals surface area (Å²) in [4.78, 5) is 17.1. The molecular formula is C25H30N2O4S. The van der Waals surface area contributed by atoms with Crippen molar-refractivity contribution in [1.29, 1.82) is 0 Å². The van der Waals surface area contributed by atoms with Crippen LogP contribution in [0.1, 0.15) is 48.1 Å². The number of aryl methyl sites for hydroxylation is 1.